The number of likely N-dealkylation sites (N-methyl/N-ethyl adjacent to an activating group) is 1. The number of aliphatic hydroxyl groups excluding tert-OH is 2. The van der Waals surface area contributed by atoms with E-state index < -0.39 is 47.5 Å². The van der Waals surface area contributed by atoms with Gasteiger partial charge in [0, 0.05) is 42.2 Å². The molecule has 1 heterocycles. The van der Waals surface area contributed by atoms with Gasteiger partial charge in [-0.25, -0.2) is 18.4 Å². The third-order valence-corrected chi connectivity index (χ3v) is 10.5. The summed E-state index contributed by atoms with van der Waals surface area (Å²) in [7, 11) is 0. The molecule has 58 heavy (non-hydrogen) atoms. The van der Waals surface area contributed by atoms with E-state index in [1.54, 1.807) is 9.47 Å². The van der Waals surface area contributed by atoms with E-state index in [4.69, 9.17) is 20.4 Å². The SMILES string of the molecule is CCN(CC)CCN(Cc1ccc(-c2ccc(C(F)(F)F)cc2)cc1)C(=O)Cn1c(SCc2cccc(F)c2F)nc(=O)c2c1CCC2.O=C(O)C(O)C(O)C(=O)O. The molecule has 4 N–H and O–H groups in total. The van der Waals surface area contributed by atoms with Crippen molar-refractivity contribution in [3.8, 4) is 11.1 Å². The summed E-state index contributed by atoms with van der Waals surface area (Å²) in [6.07, 6.45) is -7.02. The predicted octanol–water partition coefficient (Wildman–Crippen LogP) is 5.24. The number of carbonyl (C=O) groups is 3. The van der Waals surface area contributed by atoms with Crippen molar-refractivity contribution in [2.75, 3.05) is 26.2 Å². The number of fused-ring (bicyclic) bond motifs is 1. The topological polar surface area (TPSA) is 174 Å². The molecular formula is C40H43F5N4O8S. The molecule has 3 aromatic carbocycles. The Morgan fingerprint density at radius 3 is 2.00 bits per heavy atom. The third kappa shape index (κ3) is 11.9. The number of hydrogen-bond acceptors (Lipinski definition) is 9. The summed E-state index contributed by atoms with van der Waals surface area (Å²) in [4.78, 5) is 54.8. The van der Waals surface area contributed by atoms with Gasteiger partial charge >= 0.3 is 18.1 Å². The van der Waals surface area contributed by atoms with Crippen LogP contribution in [0.1, 0.15) is 48.2 Å². The van der Waals surface area contributed by atoms with Gasteiger partial charge in [-0.05, 0) is 67.2 Å². The van der Waals surface area contributed by atoms with E-state index in [0.717, 1.165) is 66.3 Å². The number of carboxylic acid groups (broad SMARTS) is 2. The zero-order valence-electron chi connectivity index (χ0n) is 31.6. The summed E-state index contributed by atoms with van der Waals surface area (Å²) >= 11 is 1.09. The Labute approximate surface area is 334 Å². The summed E-state index contributed by atoms with van der Waals surface area (Å²) in [6.45, 7) is 7.03. The van der Waals surface area contributed by atoms with Crippen molar-refractivity contribution < 1.29 is 56.8 Å². The minimum atomic E-state index is -4.41. The van der Waals surface area contributed by atoms with Gasteiger partial charge in [0.15, 0.2) is 29.0 Å². The number of carboxylic acids is 2. The van der Waals surface area contributed by atoms with Gasteiger partial charge in [-0.15, -0.1) is 0 Å². The van der Waals surface area contributed by atoms with E-state index in [2.05, 4.69) is 23.7 Å². The van der Waals surface area contributed by atoms with E-state index in [-0.39, 0.29) is 34.5 Å². The number of amides is 1. The number of thioether (sulfide) groups is 1. The van der Waals surface area contributed by atoms with Crippen LogP contribution in [0.3, 0.4) is 0 Å². The first kappa shape index (κ1) is 45.5. The van der Waals surface area contributed by atoms with Gasteiger partial charge in [-0.1, -0.05) is 74.1 Å². The number of alkyl halides is 3. The van der Waals surface area contributed by atoms with Crippen LogP contribution in [0, 0.1) is 11.6 Å². The average molecular weight is 835 g/mol. The number of aliphatic carboxylic acids is 2. The molecule has 2 unspecified atom stereocenters. The lowest BCUT2D eigenvalue weighted by molar-refractivity contribution is -0.165. The maximum absolute atomic E-state index is 14.4. The number of benzene rings is 3. The van der Waals surface area contributed by atoms with E-state index in [0.29, 0.717) is 43.6 Å². The Balaban J connectivity index is 0.000000657. The molecule has 0 spiro atoms. The van der Waals surface area contributed by atoms with Gasteiger partial charge in [0.05, 0.1) is 5.56 Å². The van der Waals surface area contributed by atoms with Crippen LogP contribution in [-0.4, -0.2) is 96.0 Å². The number of rotatable bonds is 16. The Kier molecular flexibility index (Phi) is 16.1. The van der Waals surface area contributed by atoms with Crippen LogP contribution in [-0.2, 0) is 52.2 Å². The highest BCUT2D eigenvalue weighted by Gasteiger charge is 2.31. The summed E-state index contributed by atoms with van der Waals surface area (Å²) in [6, 6.07) is 16.3. The monoisotopic (exact) mass is 834 g/mol. The van der Waals surface area contributed by atoms with Gasteiger partial charge in [0.25, 0.3) is 5.56 Å². The van der Waals surface area contributed by atoms with Crippen LogP contribution in [0.5, 0.6) is 0 Å². The number of halogens is 5. The van der Waals surface area contributed by atoms with Crippen molar-refractivity contribution in [2.24, 2.45) is 0 Å². The molecule has 0 aliphatic heterocycles. The molecule has 2 atom stereocenters. The highest BCUT2D eigenvalue weighted by molar-refractivity contribution is 7.98. The normalized spacial score (nSPS) is 13.3. The molecule has 0 saturated heterocycles. The van der Waals surface area contributed by atoms with Crippen molar-refractivity contribution in [2.45, 2.75) is 75.5 Å². The molecule has 312 valence electrons. The number of aromatic nitrogens is 2. The largest absolute Gasteiger partial charge is 0.479 e. The summed E-state index contributed by atoms with van der Waals surface area (Å²) in [5, 5.41) is 32.8. The molecule has 0 bridgehead atoms. The second-order valence-corrected chi connectivity index (χ2v) is 14.2. The fraction of sp³-hybridized carbons (Fsp3) is 0.375. The van der Waals surface area contributed by atoms with Crippen molar-refractivity contribution in [3.05, 3.63) is 117 Å². The van der Waals surface area contributed by atoms with E-state index in [1.165, 1.54) is 24.3 Å². The number of nitrogens with zero attached hydrogens (tertiary/aromatic N) is 4. The molecule has 5 rings (SSSR count). The second-order valence-electron chi connectivity index (χ2n) is 13.2. The Bertz CT molecular complexity index is 2090. The first-order chi connectivity index (χ1) is 27.4. The van der Waals surface area contributed by atoms with Gasteiger partial charge in [0.1, 0.15) is 6.54 Å². The highest BCUT2D eigenvalue weighted by atomic mass is 32.2. The summed E-state index contributed by atoms with van der Waals surface area (Å²) in [5.74, 6) is -5.61. The lowest BCUT2D eigenvalue weighted by Crippen LogP contribution is -2.40. The molecule has 1 amide bonds. The first-order valence-corrected chi connectivity index (χ1v) is 19.2. The van der Waals surface area contributed by atoms with Crippen LogP contribution < -0.4 is 5.56 Å². The van der Waals surface area contributed by atoms with Crippen molar-refractivity contribution in [1.82, 2.24) is 19.4 Å². The molecule has 1 aliphatic rings. The number of aliphatic hydroxyl groups is 2. The standard InChI is InChI=1S/C36H37F5N4O2S.C4H6O6/c1-3-43(4-2)19-20-44(21-24-11-13-25(14-12-24)26-15-17-28(18-16-26)36(39,40)41)32(46)22-45-31-10-6-8-29(31)34(47)42-35(45)48-23-27-7-5-9-30(37)33(27)38;5-1(3(7)8)2(6)4(9)10/h5,7,9,11-18H,3-4,6,8,10,19-23H2,1-2H3;1-2,5-6H,(H,7,8)(H,9,10). The van der Waals surface area contributed by atoms with Crippen LogP contribution >= 0.6 is 11.8 Å². The van der Waals surface area contributed by atoms with Gasteiger partial charge in [-0.3, -0.25) is 9.59 Å². The molecule has 1 aliphatic carbocycles. The Morgan fingerprint density at radius 1 is 0.862 bits per heavy atom. The van der Waals surface area contributed by atoms with Crippen LogP contribution in [0.15, 0.2) is 76.7 Å². The molecule has 18 heteroatoms. The van der Waals surface area contributed by atoms with Crippen molar-refractivity contribution in [3.63, 3.8) is 0 Å². The maximum atomic E-state index is 14.4. The molecule has 4 aromatic rings. The number of hydrogen-bond donors (Lipinski definition) is 4. The van der Waals surface area contributed by atoms with Gasteiger partial charge in [0.2, 0.25) is 5.91 Å². The summed E-state index contributed by atoms with van der Waals surface area (Å²) in [5.41, 5.74) is 2.63. The van der Waals surface area contributed by atoms with Crippen LogP contribution in [0.4, 0.5) is 22.0 Å². The van der Waals surface area contributed by atoms with Crippen molar-refractivity contribution in [1.29, 1.82) is 0 Å². The molecular weight excluding hydrogens is 792 g/mol. The number of carbonyl (C=O) groups excluding carboxylic acids is 1. The summed E-state index contributed by atoms with van der Waals surface area (Å²) < 4.78 is 69.1. The van der Waals surface area contributed by atoms with Crippen LogP contribution in [0.25, 0.3) is 11.1 Å². The Morgan fingerprint density at radius 2 is 1.45 bits per heavy atom. The maximum Gasteiger partial charge on any atom is 0.416 e. The lowest BCUT2D eigenvalue weighted by Gasteiger charge is -2.28. The predicted molar refractivity (Wildman–Crippen MR) is 204 cm³/mol. The zero-order valence-corrected chi connectivity index (χ0v) is 32.4. The highest BCUT2D eigenvalue weighted by Crippen LogP contribution is 2.31. The van der Waals surface area contributed by atoms with Gasteiger partial charge in [-0.2, -0.15) is 18.2 Å². The fourth-order valence-corrected chi connectivity index (χ4v) is 7.12. The third-order valence-electron chi connectivity index (χ3n) is 9.49. The van der Waals surface area contributed by atoms with E-state index in [1.807, 2.05) is 24.3 Å². The smallest absolute Gasteiger partial charge is 0.416 e. The Hall–Kier alpha value is -5.17. The molecule has 12 nitrogen and oxygen atoms in total. The van der Waals surface area contributed by atoms with E-state index in [9.17, 15) is 41.1 Å². The first-order valence-electron chi connectivity index (χ1n) is 18.2. The second kappa shape index (κ2) is 20.5. The fourth-order valence-electron chi connectivity index (χ4n) is 6.14. The van der Waals surface area contributed by atoms with Gasteiger partial charge < -0.3 is 34.8 Å². The molecule has 0 fully saturated rings. The van der Waals surface area contributed by atoms with Crippen molar-refractivity contribution >= 4 is 29.6 Å². The van der Waals surface area contributed by atoms with E-state index >= 15 is 0 Å². The quantitative estimate of drug-likeness (QED) is 0.0661. The lowest BCUT2D eigenvalue weighted by atomic mass is 10.0. The molecule has 0 saturated carbocycles. The minimum Gasteiger partial charge on any atom is -0.479 e. The molecule has 0 radical (unpaired) electrons. The average Bonchev–Trinajstić information content (AvgIpc) is 3.70. The molecule has 1 aromatic heterocycles. The minimum absolute atomic E-state index is 0.0277. The zero-order chi connectivity index (χ0) is 42.7. The van der Waals surface area contributed by atoms with Crippen LogP contribution in [0.2, 0.25) is 0 Å².